The third-order valence-electron chi connectivity index (χ3n) is 4.49. The van der Waals surface area contributed by atoms with Gasteiger partial charge >= 0.3 is 5.69 Å². The van der Waals surface area contributed by atoms with Crippen LogP contribution in [-0.2, 0) is 21.1 Å². The Bertz CT molecular complexity index is 1260. The molecule has 9 nitrogen and oxygen atoms in total. The molecule has 3 rings (SSSR count). The van der Waals surface area contributed by atoms with Gasteiger partial charge in [-0.05, 0) is 30.0 Å². The van der Waals surface area contributed by atoms with Gasteiger partial charge in [0.25, 0.3) is 0 Å². The van der Waals surface area contributed by atoms with E-state index < -0.39 is 15.4 Å². The van der Waals surface area contributed by atoms with Crippen LogP contribution in [0.5, 0.6) is 0 Å². The summed E-state index contributed by atoms with van der Waals surface area (Å²) >= 11 is 5.94. The maximum Gasteiger partial charge on any atom is 0.328 e. The highest BCUT2D eigenvalue weighted by molar-refractivity contribution is 7.92. The van der Waals surface area contributed by atoms with Crippen LogP contribution < -0.4 is 11.0 Å². The lowest BCUT2D eigenvalue weighted by molar-refractivity contribution is -0.116. The van der Waals surface area contributed by atoms with Crippen molar-refractivity contribution in [1.29, 1.82) is 4.78 Å². The van der Waals surface area contributed by atoms with Gasteiger partial charge in [0.15, 0.2) is 11.5 Å². The molecule has 1 aromatic carbocycles. The number of aromatic nitrogens is 4. The number of anilines is 1. The molecular formula is C20H25ClN6O3S. The summed E-state index contributed by atoms with van der Waals surface area (Å²) in [4.78, 5) is 36.3. The molecule has 1 unspecified atom stereocenters. The van der Waals surface area contributed by atoms with Crippen molar-refractivity contribution >= 4 is 44.2 Å². The molecule has 0 aliphatic rings. The zero-order chi connectivity index (χ0) is 22.8. The molecule has 0 bridgehead atoms. The quantitative estimate of drug-likeness (QED) is 0.437. The van der Waals surface area contributed by atoms with Gasteiger partial charge in [-0.25, -0.2) is 13.8 Å². The van der Waals surface area contributed by atoms with Gasteiger partial charge in [0.05, 0.1) is 6.54 Å². The van der Waals surface area contributed by atoms with Crippen LogP contribution in [-0.4, -0.2) is 35.4 Å². The Morgan fingerprint density at radius 1 is 1.29 bits per heavy atom. The van der Waals surface area contributed by atoms with E-state index in [0.29, 0.717) is 11.4 Å². The van der Waals surface area contributed by atoms with Crippen LogP contribution in [0.15, 0.2) is 34.2 Å². The fourth-order valence-electron chi connectivity index (χ4n) is 3.10. The SMILES string of the molecule is CCCS(=N)(=O)c1nc(NC(=O)CC(C)C)c2[nH]c(=O)n(Cc3ccc(Cl)cc3)c2n1. The maximum absolute atomic E-state index is 12.9. The first-order valence-corrected chi connectivity index (χ1v) is 12.0. The molecule has 0 saturated carbocycles. The van der Waals surface area contributed by atoms with Gasteiger partial charge in [0.1, 0.15) is 15.2 Å². The molecule has 166 valence electrons. The summed E-state index contributed by atoms with van der Waals surface area (Å²) in [5, 5.41) is 3.05. The first kappa shape index (κ1) is 23.0. The Kier molecular flexibility index (Phi) is 6.80. The number of rotatable bonds is 8. The number of hydrogen-bond donors (Lipinski definition) is 3. The molecule has 2 aromatic heterocycles. The standard InChI is InChI=1S/C20H25ClN6O3S/c1-4-9-31(22,30)19-25-17(23-15(28)10-12(2)3)16-18(26-19)27(20(29)24-16)11-13-5-7-14(21)8-6-13/h5-8,12,22H,4,9-11H2,1-3H3,(H,24,29)(H,23,25,26,28). The van der Waals surface area contributed by atoms with E-state index >= 15 is 0 Å². The number of amides is 1. The van der Waals surface area contributed by atoms with Crippen LogP contribution in [0.2, 0.25) is 5.02 Å². The second kappa shape index (κ2) is 9.19. The first-order chi connectivity index (χ1) is 14.6. The number of H-pyrrole nitrogens is 1. The van der Waals surface area contributed by atoms with E-state index in [1.807, 2.05) is 20.8 Å². The van der Waals surface area contributed by atoms with Gasteiger partial charge in [-0.15, -0.1) is 0 Å². The number of fused-ring (bicyclic) bond motifs is 1. The molecule has 3 aromatic rings. The van der Waals surface area contributed by atoms with E-state index in [9.17, 15) is 13.8 Å². The van der Waals surface area contributed by atoms with Gasteiger partial charge in [-0.1, -0.05) is 44.5 Å². The van der Waals surface area contributed by atoms with Crippen molar-refractivity contribution in [3.8, 4) is 0 Å². The molecule has 0 fully saturated rings. The summed E-state index contributed by atoms with van der Waals surface area (Å²) < 4.78 is 22.5. The van der Waals surface area contributed by atoms with Crippen LogP contribution in [0.1, 0.15) is 39.2 Å². The number of imidazole rings is 1. The molecule has 0 saturated heterocycles. The Labute approximate surface area is 185 Å². The van der Waals surface area contributed by atoms with Crippen molar-refractivity contribution in [2.75, 3.05) is 11.1 Å². The van der Waals surface area contributed by atoms with Crippen molar-refractivity contribution in [2.24, 2.45) is 5.92 Å². The molecule has 2 heterocycles. The average molecular weight is 465 g/mol. The summed E-state index contributed by atoms with van der Waals surface area (Å²) in [7, 11) is -3.29. The van der Waals surface area contributed by atoms with E-state index in [2.05, 4.69) is 20.3 Å². The number of nitrogens with one attached hydrogen (secondary N) is 3. The minimum atomic E-state index is -3.29. The lowest BCUT2D eigenvalue weighted by Crippen LogP contribution is -2.19. The van der Waals surface area contributed by atoms with E-state index in [1.54, 1.807) is 24.3 Å². The molecule has 31 heavy (non-hydrogen) atoms. The Morgan fingerprint density at radius 3 is 2.58 bits per heavy atom. The average Bonchev–Trinajstić information content (AvgIpc) is 2.99. The van der Waals surface area contributed by atoms with E-state index in [-0.39, 0.29) is 52.7 Å². The summed E-state index contributed by atoms with van der Waals surface area (Å²) in [6.07, 6.45) is 0.755. The lowest BCUT2D eigenvalue weighted by atomic mass is 10.1. The molecule has 0 aliphatic heterocycles. The third-order valence-corrected chi connectivity index (χ3v) is 6.50. The van der Waals surface area contributed by atoms with Crippen molar-refractivity contribution in [3.63, 3.8) is 0 Å². The number of halogens is 1. The first-order valence-electron chi connectivity index (χ1n) is 9.92. The van der Waals surface area contributed by atoms with Gasteiger partial charge in [0.2, 0.25) is 11.1 Å². The van der Waals surface area contributed by atoms with Gasteiger partial charge in [-0.3, -0.25) is 9.36 Å². The summed E-state index contributed by atoms with van der Waals surface area (Å²) in [6, 6.07) is 7.00. The minimum Gasteiger partial charge on any atom is -0.309 e. The summed E-state index contributed by atoms with van der Waals surface area (Å²) in [5.41, 5.74) is 0.758. The molecular weight excluding hydrogens is 440 g/mol. The predicted molar refractivity (Wildman–Crippen MR) is 121 cm³/mol. The third kappa shape index (κ3) is 5.31. The van der Waals surface area contributed by atoms with Crippen LogP contribution in [0.25, 0.3) is 11.2 Å². The van der Waals surface area contributed by atoms with Crippen molar-refractivity contribution in [1.82, 2.24) is 19.5 Å². The normalized spacial score (nSPS) is 13.5. The fraction of sp³-hybridized carbons (Fsp3) is 0.400. The Morgan fingerprint density at radius 2 is 1.97 bits per heavy atom. The van der Waals surface area contributed by atoms with Crippen molar-refractivity contribution < 1.29 is 9.00 Å². The largest absolute Gasteiger partial charge is 0.328 e. The van der Waals surface area contributed by atoms with Gasteiger partial charge in [0, 0.05) is 17.2 Å². The van der Waals surface area contributed by atoms with Crippen LogP contribution >= 0.6 is 11.6 Å². The van der Waals surface area contributed by atoms with Crippen molar-refractivity contribution in [2.45, 2.75) is 45.3 Å². The Balaban J connectivity index is 2.16. The second-order valence-corrected chi connectivity index (χ2v) is 10.3. The highest BCUT2D eigenvalue weighted by Crippen LogP contribution is 2.22. The summed E-state index contributed by atoms with van der Waals surface area (Å²) in [5.74, 6) is -0.0530. The number of hydrogen-bond acceptors (Lipinski definition) is 6. The number of carbonyl (C=O) groups excluding carboxylic acids is 1. The zero-order valence-electron chi connectivity index (χ0n) is 17.6. The molecule has 0 radical (unpaired) electrons. The molecule has 0 spiro atoms. The van der Waals surface area contributed by atoms with E-state index in [0.717, 1.165) is 5.56 Å². The van der Waals surface area contributed by atoms with E-state index in [1.165, 1.54) is 4.57 Å². The maximum atomic E-state index is 12.9. The lowest BCUT2D eigenvalue weighted by Gasteiger charge is -2.11. The van der Waals surface area contributed by atoms with Gasteiger partial charge in [-0.2, -0.15) is 9.97 Å². The number of nitrogens with zero attached hydrogens (tertiary/aromatic N) is 3. The molecule has 11 heteroatoms. The predicted octanol–water partition coefficient (Wildman–Crippen LogP) is 3.62. The highest BCUT2D eigenvalue weighted by atomic mass is 35.5. The molecule has 1 atom stereocenters. The zero-order valence-corrected chi connectivity index (χ0v) is 19.1. The van der Waals surface area contributed by atoms with Crippen LogP contribution in [0.3, 0.4) is 0 Å². The molecule has 3 N–H and O–H groups in total. The van der Waals surface area contributed by atoms with Gasteiger partial charge < -0.3 is 10.3 Å². The number of benzene rings is 1. The molecule has 1 amide bonds. The minimum absolute atomic E-state index is 0.0497. The molecule has 0 aliphatic carbocycles. The Hall–Kier alpha value is -2.72. The second-order valence-electron chi connectivity index (χ2n) is 7.72. The van der Waals surface area contributed by atoms with Crippen LogP contribution in [0.4, 0.5) is 5.82 Å². The smallest absolute Gasteiger partial charge is 0.309 e. The topological polar surface area (TPSA) is 134 Å². The van der Waals surface area contributed by atoms with E-state index in [4.69, 9.17) is 16.4 Å². The van der Waals surface area contributed by atoms with Crippen LogP contribution in [0, 0.1) is 10.7 Å². The number of aromatic amines is 1. The number of carbonyl (C=O) groups is 1. The van der Waals surface area contributed by atoms with Crippen molar-refractivity contribution in [3.05, 3.63) is 45.3 Å². The fourth-order valence-corrected chi connectivity index (χ4v) is 4.46. The highest BCUT2D eigenvalue weighted by Gasteiger charge is 2.22. The summed E-state index contributed by atoms with van der Waals surface area (Å²) in [6.45, 7) is 5.80. The monoisotopic (exact) mass is 464 g/mol.